The number of aromatic amines is 1. The predicted molar refractivity (Wildman–Crippen MR) is 106 cm³/mol. The highest BCUT2D eigenvalue weighted by Crippen LogP contribution is 2.33. The zero-order chi connectivity index (χ0) is 19.0. The molecule has 1 aromatic carbocycles. The van der Waals surface area contributed by atoms with E-state index in [1.807, 2.05) is 24.8 Å². The zero-order valence-corrected chi connectivity index (χ0v) is 15.9. The van der Waals surface area contributed by atoms with Gasteiger partial charge in [-0.05, 0) is 49.9 Å². The molecule has 6 heteroatoms. The Morgan fingerprint density at radius 3 is 2.89 bits per heavy atom. The Morgan fingerprint density at radius 1 is 1.26 bits per heavy atom. The molecule has 2 N–H and O–H groups in total. The first-order valence-electron chi connectivity index (χ1n) is 9.59. The van der Waals surface area contributed by atoms with Crippen LogP contribution in [0.15, 0.2) is 35.1 Å². The lowest BCUT2D eigenvalue weighted by atomic mass is 10.1. The molecule has 0 spiro atoms. The fourth-order valence-electron chi connectivity index (χ4n) is 4.33. The first kappa shape index (κ1) is 17.6. The topological polar surface area (TPSA) is 68.4 Å². The van der Waals surface area contributed by atoms with E-state index in [0.29, 0.717) is 18.2 Å². The summed E-state index contributed by atoms with van der Waals surface area (Å²) in [7, 11) is 0. The van der Waals surface area contributed by atoms with Crippen molar-refractivity contribution >= 4 is 11.7 Å². The summed E-state index contributed by atoms with van der Waals surface area (Å²) in [5, 5.41) is 2.95. The number of pyridine rings is 1. The molecule has 0 radical (unpaired) electrons. The third-order valence-electron chi connectivity index (χ3n) is 5.65. The molecule has 6 nitrogen and oxygen atoms in total. The number of aryl methyl sites for hydroxylation is 2. The summed E-state index contributed by atoms with van der Waals surface area (Å²) in [6, 6.07) is 10.7. The van der Waals surface area contributed by atoms with Gasteiger partial charge < -0.3 is 20.1 Å². The molecule has 1 atom stereocenters. The number of amides is 2. The maximum atomic E-state index is 12.8. The van der Waals surface area contributed by atoms with E-state index in [2.05, 4.69) is 39.5 Å². The number of carbonyl (C=O) groups is 1. The molecule has 2 aliphatic heterocycles. The highest BCUT2D eigenvalue weighted by atomic mass is 16.2. The van der Waals surface area contributed by atoms with E-state index in [4.69, 9.17) is 0 Å². The van der Waals surface area contributed by atoms with Crippen LogP contribution in [-0.4, -0.2) is 41.6 Å². The van der Waals surface area contributed by atoms with Crippen LogP contribution >= 0.6 is 0 Å². The lowest BCUT2D eigenvalue weighted by molar-refractivity contribution is 0.197. The minimum absolute atomic E-state index is 0.0906. The summed E-state index contributed by atoms with van der Waals surface area (Å²) in [5.41, 5.74) is 4.92. The summed E-state index contributed by atoms with van der Waals surface area (Å²) in [4.78, 5) is 32.1. The molecule has 2 aromatic rings. The standard InChI is InChI=1S/C21H26N4O2/c1-14-10-15(2)23-20(26)18(14)12-22-21(27)24-8-5-9-25-17(13-24)11-16-6-3-4-7-19(16)25/h3-4,6-7,10,17H,5,8-9,11-13H2,1-2H3,(H,22,27)(H,23,26). The Morgan fingerprint density at radius 2 is 2.07 bits per heavy atom. The smallest absolute Gasteiger partial charge is 0.317 e. The van der Waals surface area contributed by atoms with E-state index in [1.165, 1.54) is 11.3 Å². The highest BCUT2D eigenvalue weighted by molar-refractivity contribution is 5.74. The Kier molecular flexibility index (Phi) is 4.64. The molecule has 2 amide bonds. The van der Waals surface area contributed by atoms with Crippen LogP contribution in [0.2, 0.25) is 0 Å². The van der Waals surface area contributed by atoms with Gasteiger partial charge in [-0.2, -0.15) is 0 Å². The molecular weight excluding hydrogens is 340 g/mol. The molecule has 0 aliphatic carbocycles. The highest BCUT2D eigenvalue weighted by Gasteiger charge is 2.33. The first-order chi connectivity index (χ1) is 13.0. The molecule has 0 saturated carbocycles. The van der Waals surface area contributed by atoms with E-state index >= 15 is 0 Å². The summed E-state index contributed by atoms with van der Waals surface area (Å²) in [6.07, 6.45) is 1.93. The third-order valence-corrected chi connectivity index (χ3v) is 5.65. The monoisotopic (exact) mass is 366 g/mol. The van der Waals surface area contributed by atoms with Gasteiger partial charge in [-0.25, -0.2) is 4.79 Å². The van der Waals surface area contributed by atoms with Gasteiger partial charge in [-0.3, -0.25) is 4.79 Å². The Balaban J connectivity index is 1.43. The molecule has 0 bridgehead atoms. The second-order valence-corrected chi connectivity index (χ2v) is 7.58. The number of nitrogens with zero attached hydrogens (tertiary/aromatic N) is 2. The van der Waals surface area contributed by atoms with E-state index in [0.717, 1.165) is 37.2 Å². The van der Waals surface area contributed by atoms with Crippen molar-refractivity contribution in [2.24, 2.45) is 0 Å². The fourth-order valence-corrected chi connectivity index (χ4v) is 4.33. The van der Waals surface area contributed by atoms with Gasteiger partial charge in [0.2, 0.25) is 0 Å². The lowest BCUT2D eigenvalue weighted by Crippen LogP contribution is -2.45. The van der Waals surface area contributed by atoms with Crippen LogP contribution in [0.4, 0.5) is 10.5 Å². The van der Waals surface area contributed by atoms with Crippen molar-refractivity contribution < 1.29 is 4.79 Å². The summed E-state index contributed by atoms with van der Waals surface area (Å²) >= 11 is 0. The number of nitrogens with one attached hydrogen (secondary N) is 2. The largest absolute Gasteiger partial charge is 0.366 e. The molecule has 27 heavy (non-hydrogen) atoms. The minimum atomic E-state index is -0.124. The quantitative estimate of drug-likeness (QED) is 0.857. The lowest BCUT2D eigenvalue weighted by Gasteiger charge is -2.27. The van der Waals surface area contributed by atoms with Crippen LogP contribution in [0.3, 0.4) is 0 Å². The van der Waals surface area contributed by atoms with Crippen LogP contribution in [-0.2, 0) is 13.0 Å². The van der Waals surface area contributed by atoms with Crippen molar-refractivity contribution in [1.29, 1.82) is 0 Å². The molecule has 1 fully saturated rings. The van der Waals surface area contributed by atoms with E-state index < -0.39 is 0 Å². The number of H-pyrrole nitrogens is 1. The second kappa shape index (κ2) is 7.10. The van der Waals surface area contributed by atoms with Crippen molar-refractivity contribution in [3.63, 3.8) is 0 Å². The molecular formula is C21H26N4O2. The van der Waals surface area contributed by atoms with Gasteiger partial charge in [0.05, 0.1) is 12.6 Å². The number of carbonyl (C=O) groups excluding carboxylic acids is 1. The number of aromatic nitrogens is 1. The van der Waals surface area contributed by atoms with E-state index in [-0.39, 0.29) is 18.1 Å². The minimum Gasteiger partial charge on any atom is -0.366 e. The maximum Gasteiger partial charge on any atom is 0.317 e. The third kappa shape index (κ3) is 3.44. The van der Waals surface area contributed by atoms with Gasteiger partial charge in [0, 0.05) is 36.6 Å². The van der Waals surface area contributed by atoms with Gasteiger partial charge in [0.15, 0.2) is 0 Å². The summed E-state index contributed by atoms with van der Waals surface area (Å²) in [5.74, 6) is 0. The molecule has 3 heterocycles. The van der Waals surface area contributed by atoms with Gasteiger partial charge in [-0.15, -0.1) is 0 Å². The molecule has 1 unspecified atom stereocenters. The fraction of sp³-hybridized carbons (Fsp3) is 0.429. The average Bonchev–Trinajstić information content (AvgIpc) is 2.83. The van der Waals surface area contributed by atoms with Gasteiger partial charge in [0.1, 0.15) is 0 Å². The number of anilines is 1. The molecule has 1 saturated heterocycles. The number of urea groups is 1. The van der Waals surface area contributed by atoms with Crippen molar-refractivity contribution in [3.8, 4) is 0 Å². The van der Waals surface area contributed by atoms with Crippen molar-refractivity contribution in [2.45, 2.75) is 39.3 Å². The number of para-hydroxylation sites is 1. The average molecular weight is 366 g/mol. The Bertz CT molecular complexity index is 921. The zero-order valence-electron chi connectivity index (χ0n) is 15.9. The van der Waals surface area contributed by atoms with Crippen molar-refractivity contribution in [1.82, 2.24) is 15.2 Å². The van der Waals surface area contributed by atoms with E-state index in [1.54, 1.807) is 0 Å². The van der Waals surface area contributed by atoms with Crippen LogP contribution in [0.25, 0.3) is 0 Å². The number of fused-ring (bicyclic) bond motifs is 3. The Hall–Kier alpha value is -2.76. The molecule has 142 valence electrons. The van der Waals surface area contributed by atoms with Crippen LogP contribution in [0.1, 0.15) is 28.8 Å². The molecule has 4 rings (SSSR count). The number of hydrogen-bond donors (Lipinski definition) is 2. The van der Waals surface area contributed by atoms with Crippen LogP contribution in [0.5, 0.6) is 0 Å². The van der Waals surface area contributed by atoms with Gasteiger partial charge in [-0.1, -0.05) is 18.2 Å². The van der Waals surface area contributed by atoms with Crippen LogP contribution in [0, 0.1) is 13.8 Å². The van der Waals surface area contributed by atoms with Gasteiger partial charge in [0.25, 0.3) is 5.56 Å². The summed E-state index contributed by atoms with van der Waals surface area (Å²) in [6.45, 7) is 6.45. The number of hydrogen-bond acceptors (Lipinski definition) is 3. The molecule has 1 aromatic heterocycles. The van der Waals surface area contributed by atoms with E-state index in [9.17, 15) is 9.59 Å². The molecule has 2 aliphatic rings. The Labute approximate surface area is 159 Å². The normalized spacial score (nSPS) is 18.7. The van der Waals surface area contributed by atoms with Gasteiger partial charge >= 0.3 is 6.03 Å². The number of rotatable bonds is 2. The maximum absolute atomic E-state index is 12.8. The first-order valence-corrected chi connectivity index (χ1v) is 9.59. The van der Waals surface area contributed by atoms with Crippen molar-refractivity contribution in [2.75, 3.05) is 24.5 Å². The summed E-state index contributed by atoms with van der Waals surface area (Å²) < 4.78 is 0. The number of benzene rings is 1. The van der Waals surface area contributed by atoms with Crippen LogP contribution < -0.4 is 15.8 Å². The predicted octanol–water partition coefficient (Wildman–Crippen LogP) is 2.34. The second-order valence-electron chi connectivity index (χ2n) is 7.58. The SMILES string of the molecule is Cc1cc(C)c(CNC(=O)N2CCCN3c4ccccc4CC3C2)c(=O)[nH]1. The van der Waals surface area contributed by atoms with Crippen molar-refractivity contribution in [3.05, 3.63) is 63.1 Å².